The minimum absolute atomic E-state index is 0.0241. The zero-order valence-corrected chi connectivity index (χ0v) is 17.3. The quantitative estimate of drug-likeness (QED) is 0.422. The fourth-order valence-corrected chi connectivity index (χ4v) is 3.47. The molecular weight excluding hydrogens is 396 g/mol. The zero-order chi connectivity index (χ0) is 21.1. The third-order valence-corrected chi connectivity index (χ3v) is 4.94. The summed E-state index contributed by atoms with van der Waals surface area (Å²) >= 11 is 6.23. The minimum Gasteiger partial charge on any atom is -0.507 e. The molecule has 0 unspecified atom stereocenters. The highest BCUT2D eigenvalue weighted by atomic mass is 35.5. The van der Waals surface area contributed by atoms with Gasteiger partial charge < -0.3 is 24.1 Å². The van der Waals surface area contributed by atoms with Crippen molar-refractivity contribution in [1.82, 2.24) is 9.80 Å². The zero-order valence-electron chi connectivity index (χ0n) is 16.5. The number of likely N-dealkylation sites (tertiary alicyclic amines) is 1. The molecule has 1 atom stereocenters. The summed E-state index contributed by atoms with van der Waals surface area (Å²) in [6.45, 7) is 3.15. The lowest BCUT2D eigenvalue weighted by molar-refractivity contribution is -0.140. The highest BCUT2D eigenvalue weighted by molar-refractivity contribution is 6.46. The molecule has 3 rings (SSSR count). The molecule has 1 aliphatic heterocycles. The molecule has 154 valence electrons. The number of aliphatic hydroxyl groups excluding tert-OH is 1. The van der Waals surface area contributed by atoms with Gasteiger partial charge >= 0.3 is 0 Å². The molecule has 29 heavy (non-hydrogen) atoms. The van der Waals surface area contributed by atoms with Crippen LogP contribution in [-0.4, -0.2) is 60.4 Å². The van der Waals surface area contributed by atoms with Gasteiger partial charge in [-0.15, -0.1) is 0 Å². The van der Waals surface area contributed by atoms with Crippen LogP contribution in [0.15, 0.2) is 46.6 Å². The largest absolute Gasteiger partial charge is 0.507 e. The Kier molecular flexibility index (Phi) is 6.30. The number of likely N-dealkylation sites (N-methyl/N-ethyl adjacent to an activating group) is 1. The second kappa shape index (κ2) is 8.71. The average molecular weight is 419 g/mol. The van der Waals surface area contributed by atoms with Crippen molar-refractivity contribution in [3.63, 3.8) is 0 Å². The Morgan fingerprint density at radius 1 is 1.31 bits per heavy atom. The Bertz CT molecular complexity index is 937. The van der Waals surface area contributed by atoms with E-state index in [1.165, 1.54) is 17.2 Å². The topological polar surface area (TPSA) is 83.2 Å². The molecule has 2 aromatic rings. The first-order valence-electron chi connectivity index (χ1n) is 9.24. The van der Waals surface area contributed by atoms with Crippen molar-refractivity contribution in [1.29, 1.82) is 0 Å². The molecule has 0 bridgehead atoms. The summed E-state index contributed by atoms with van der Waals surface area (Å²) in [5.41, 5.74) is 0.296. The number of halogens is 1. The second-order valence-corrected chi connectivity index (χ2v) is 7.30. The van der Waals surface area contributed by atoms with E-state index in [4.69, 9.17) is 20.8 Å². The van der Waals surface area contributed by atoms with Gasteiger partial charge in [0.05, 0.1) is 23.5 Å². The Hall–Kier alpha value is -2.77. The normalized spacial score (nSPS) is 18.7. The number of rotatable bonds is 7. The number of Topliss-reactive ketones (excluding diaryl/α,β-unsaturated/α-hetero) is 1. The van der Waals surface area contributed by atoms with Crippen LogP contribution in [0, 0.1) is 0 Å². The molecule has 1 aliphatic rings. The minimum atomic E-state index is -0.810. The second-order valence-electron chi connectivity index (χ2n) is 6.89. The Labute approximate surface area is 174 Å². The van der Waals surface area contributed by atoms with E-state index in [-0.39, 0.29) is 11.3 Å². The van der Waals surface area contributed by atoms with E-state index in [1.807, 2.05) is 25.9 Å². The van der Waals surface area contributed by atoms with E-state index in [0.29, 0.717) is 41.8 Å². The SMILES string of the molecule is CCOc1ccc(C(O)=C2C(=O)C(=O)N(CCN(C)C)[C@@H]2c2ccco2)cc1Cl. The Balaban J connectivity index is 2.08. The molecule has 1 fully saturated rings. The predicted molar refractivity (Wildman–Crippen MR) is 109 cm³/mol. The van der Waals surface area contributed by atoms with Crippen molar-refractivity contribution in [3.8, 4) is 5.75 Å². The summed E-state index contributed by atoms with van der Waals surface area (Å²) in [5.74, 6) is -0.858. The number of benzene rings is 1. The number of furan rings is 1. The van der Waals surface area contributed by atoms with Crippen LogP contribution in [0.4, 0.5) is 0 Å². The molecule has 7 nitrogen and oxygen atoms in total. The molecule has 0 saturated carbocycles. The molecule has 2 heterocycles. The monoisotopic (exact) mass is 418 g/mol. The van der Waals surface area contributed by atoms with Crippen LogP contribution in [0.3, 0.4) is 0 Å². The smallest absolute Gasteiger partial charge is 0.295 e. The summed E-state index contributed by atoms with van der Waals surface area (Å²) in [6.07, 6.45) is 1.47. The van der Waals surface area contributed by atoms with Crippen molar-refractivity contribution in [2.24, 2.45) is 0 Å². The summed E-state index contributed by atoms with van der Waals surface area (Å²) < 4.78 is 10.9. The summed E-state index contributed by atoms with van der Waals surface area (Å²) in [7, 11) is 3.75. The average Bonchev–Trinajstić information content (AvgIpc) is 3.29. The fourth-order valence-electron chi connectivity index (χ4n) is 3.24. The fraction of sp³-hybridized carbons (Fsp3) is 0.333. The maximum atomic E-state index is 12.8. The van der Waals surface area contributed by atoms with Gasteiger partial charge in [0, 0.05) is 18.7 Å². The summed E-state index contributed by atoms with van der Waals surface area (Å²) in [4.78, 5) is 28.8. The predicted octanol–water partition coefficient (Wildman–Crippen LogP) is 3.32. The van der Waals surface area contributed by atoms with Crippen LogP contribution in [-0.2, 0) is 9.59 Å². The number of aliphatic hydroxyl groups is 1. The molecular formula is C21H23ClN2O5. The molecule has 1 saturated heterocycles. The molecule has 1 aromatic carbocycles. The number of ether oxygens (including phenoxy) is 1. The van der Waals surface area contributed by atoms with E-state index < -0.39 is 17.7 Å². The Morgan fingerprint density at radius 3 is 2.66 bits per heavy atom. The van der Waals surface area contributed by atoms with Crippen LogP contribution < -0.4 is 4.74 Å². The first kappa shape index (κ1) is 21.0. The van der Waals surface area contributed by atoms with E-state index >= 15 is 0 Å². The van der Waals surface area contributed by atoms with Crippen LogP contribution >= 0.6 is 11.6 Å². The van der Waals surface area contributed by atoms with Crippen molar-refractivity contribution in [2.45, 2.75) is 13.0 Å². The van der Waals surface area contributed by atoms with Crippen LogP contribution in [0.2, 0.25) is 5.02 Å². The molecule has 0 aliphatic carbocycles. The molecule has 1 aromatic heterocycles. The number of hydrogen-bond acceptors (Lipinski definition) is 6. The van der Waals surface area contributed by atoms with Crippen molar-refractivity contribution >= 4 is 29.1 Å². The Morgan fingerprint density at radius 2 is 2.07 bits per heavy atom. The van der Waals surface area contributed by atoms with Gasteiger partial charge in [-0.1, -0.05) is 11.6 Å². The maximum Gasteiger partial charge on any atom is 0.295 e. The van der Waals surface area contributed by atoms with Crippen LogP contribution in [0.5, 0.6) is 5.75 Å². The molecule has 0 spiro atoms. The number of carbonyl (C=O) groups is 2. The van der Waals surface area contributed by atoms with E-state index in [0.717, 1.165) is 0 Å². The lowest BCUT2D eigenvalue weighted by Crippen LogP contribution is -2.35. The van der Waals surface area contributed by atoms with Gasteiger partial charge in [0.1, 0.15) is 23.3 Å². The van der Waals surface area contributed by atoms with Crippen molar-refractivity contribution in [2.75, 3.05) is 33.8 Å². The first-order chi connectivity index (χ1) is 13.8. The maximum absolute atomic E-state index is 12.8. The first-order valence-corrected chi connectivity index (χ1v) is 9.62. The van der Waals surface area contributed by atoms with Gasteiger partial charge in [0.25, 0.3) is 11.7 Å². The van der Waals surface area contributed by atoms with Crippen molar-refractivity contribution < 1.29 is 23.8 Å². The van der Waals surface area contributed by atoms with Gasteiger partial charge in [-0.05, 0) is 51.4 Å². The van der Waals surface area contributed by atoms with E-state index in [2.05, 4.69) is 0 Å². The molecule has 1 N–H and O–H groups in total. The summed E-state index contributed by atoms with van der Waals surface area (Å²) in [5, 5.41) is 11.2. The molecule has 8 heteroatoms. The van der Waals surface area contributed by atoms with Gasteiger partial charge in [0.2, 0.25) is 0 Å². The lowest BCUT2D eigenvalue weighted by atomic mass is 9.99. The lowest BCUT2D eigenvalue weighted by Gasteiger charge is -2.24. The molecule has 1 amide bonds. The highest BCUT2D eigenvalue weighted by Crippen LogP contribution is 2.40. The third kappa shape index (κ3) is 4.16. The van der Waals surface area contributed by atoms with Gasteiger partial charge in [-0.2, -0.15) is 0 Å². The van der Waals surface area contributed by atoms with Crippen LogP contribution in [0.25, 0.3) is 5.76 Å². The number of hydrogen-bond donors (Lipinski definition) is 1. The highest BCUT2D eigenvalue weighted by Gasteiger charge is 2.47. The van der Waals surface area contributed by atoms with Gasteiger partial charge in [-0.3, -0.25) is 9.59 Å². The standard InChI is InChI=1S/C21H23ClN2O5/c1-4-28-15-8-7-13(12-14(15)22)19(25)17-18(16-6-5-11-29-16)24(10-9-23(2)3)21(27)20(17)26/h5-8,11-12,18,25H,4,9-10H2,1-3H3/t18-/m1/s1. The summed E-state index contributed by atoms with van der Waals surface area (Å²) in [6, 6.07) is 7.26. The number of carbonyl (C=O) groups excluding carboxylic acids is 2. The number of nitrogens with zero attached hydrogens (tertiary/aromatic N) is 2. The van der Waals surface area contributed by atoms with Crippen LogP contribution in [0.1, 0.15) is 24.3 Å². The van der Waals surface area contributed by atoms with Gasteiger partial charge in [-0.25, -0.2) is 0 Å². The van der Waals surface area contributed by atoms with E-state index in [1.54, 1.807) is 24.3 Å². The van der Waals surface area contributed by atoms with Gasteiger partial charge in [0.15, 0.2) is 0 Å². The van der Waals surface area contributed by atoms with E-state index in [9.17, 15) is 14.7 Å². The third-order valence-electron chi connectivity index (χ3n) is 4.65. The number of ketones is 1. The number of amides is 1. The molecule has 0 radical (unpaired) electrons. The van der Waals surface area contributed by atoms with Crippen molar-refractivity contribution in [3.05, 3.63) is 58.5 Å².